The molecule has 0 aliphatic heterocycles. The second-order valence-electron chi connectivity index (χ2n) is 3.89. The Morgan fingerprint density at radius 2 is 1.89 bits per heavy atom. The lowest BCUT2D eigenvalue weighted by Gasteiger charge is -2.08. The van der Waals surface area contributed by atoms with E-state index in [2.05, 4.69) is 0 Å². The van der Waals surface area contributed by atoms with Crippen LogP contribution in [-0.2, 0) is 11.3 Å². The number of ether oxygens (including phenoxy) is 1. The van der Waals surface area contributed by atoms with E-state index < -0.39 is 11.8 Å². The van der Waals surface area contributed by atoms with Crippen LogP contribution in [0.2, 0.25) is 5.02 Å². The maximum atomic E-state index is 13.6. The Kier molecular flexibility index (Phi) is 4.02. The Morgan fingerprint density at radius 1 is 1.21 bits per heavy atom. The number of rotatable bonds is 3. The van der Waals surface area contributed by atoms with Crippen molar-refractivity contribution in [3.63, 3.8) is 0 Å². The number of nitrogens with two attached hydrogens (primary N) is 1. The van der Waals surface area contributed by atoms with E-state index in [4.69, 9.17) is 22.1 Å². The Morgan fingerprint density at radius 3 is 2.58 bits per heavy atom. The molecule has 0 saturated heterocycles. The largest absolute Gasteiger partial charge is 0.457 e. The van der Waals surface area contributed by atoms with Crippen LogP contribution in [-0.4, -0.2) is 5.97 Å². The number of esters is 1. The van der Waals surface area contributed by atoms with Crippen LogP contribution in [0.3, 0.4) is 0 Å². The fourth-order valence-electron chi connectivity index (χ4n) is 1.55. The van der Waals surface area contributed by atoms with Gasteiger partial charge >= 0.3 is 5.97 Å². The van der Waals surface area contributed by atoms with Gasteiger partial charge in [0.15, 0.2) is 0 Å². The lowest BCUT2D eigenvalue weighted by atomic mass is 10.2. The van der Waals surface area contributed by atoms with Crippen molar-refractivity contribution >= 4 is 23.3 Å². The first-order valence-electron chi connectivity index (χ1n) is 5.54. The number of carbonyl (C=O) groups is 1. The van der Waals surface area contributed by atoms with E-state index in [1.807, 2.05) is 18.2 Å². The molecular formula is C14H11ClFNO2. The van der Waals surface area contributed by atoms with Gasteiger partial charge in [0.05, 0.1) is 10.7 Å². The molecule has 0 aromatic heterocycles. The van der Waals surface area contributed by atoms with Crippen molar-refractivity contribution in [1.29, 1.82) is 0 Å². The zero-order valence-corrected chi connectivity index (χ0v) is 10.7. The van der Waals surface area contributed by atoms with Crippen LogP contribution in [0.1, 0.15) is 15.9 Å². The van der Waals surface area contributed by atoms with E-state index in [-0.39, 0.29) is 22.9 Å². The molecule has 5 heteroatoms. The van der Waals surface area contributed by atoms with Gasteiger partial charge in [-0.05, 0) is 17.7 Å². The number of halogens is 2. The summed E-state index contributed by atoms with van der Waals surface area (Å²) < 4.78 is 18.6. The molecule has 0 aliphatic carbocycles. The molecule has 0 atom stereocenters. The van der Waals surface area contributed by atoms with Gasteiger partial charge in [-0.1, -0.05) is 41.9 Å². The summed E-state index contributed by atoms with van der Waals surface area (Å²) in [5.74, 6) is -1.59. The molecule has 2 N–H and O–H groups in total. The van der Waals surface area contributed by atoms with Crippen LogP contribution in [0.15, 0.2) is 42.5 Å². The first-order chi connectivity index (χ1) is 9.09. The third kappa shape index (κ3) is 3.03. The summed E-state index contributed by atoms with van der Waals surface area (Å²) in [6, 6.07) is 11.5. The first-order valence-corrected chi connectivity index (χ1v) is 5.92. The molecule has 3 nitrogen and oxygen atoms in total. The van der Waals surface area contributed by atoms with Gasteiger partial charge in [-0.25, -0.2) is 9.18 Å². The van der Waals surface area contributed by atoms with Gasteiger partial charge < -0.3 is 10.5 Å². The van der Waals surface area contributed by atoms with Gasteiger partial charge in [-0.2, -0.15) is 0 Å². The van der Waals surface area contributed by atoms with Gasteiger partial charge in [0.2, 0.25) is 0 Å². The van der Waals surface area contributed by atoms with Crippen LogP contribution >= 0.6 is 11.6 Å². The van der Waals surface area contributed by atoms with Gasteiger partial charge in [0.1, 0.15) is 18.0 Å². The maximum Gasteiger partial charge on any atom is 0.343 e. The molecule has 2 rings (SSSR count). The summed E-state index contributed by atoms with van der Waals surface area (Å²) in [7, 11) is 0. The highest BCUT2D eigenvalue weighted by atomic mass is 35.5. The van der Waals surface area contributed by atoms with E-state index in [1.165, 1.54) is 6.07 Å². The molecule has 0 aliphatic rings. The third-order valence-electron chi connectivity index (χ3n) is 2.54. The third-order valence-corrected chi connectivity index (χ3v) is 2.95. The zero-order chi connectivity index (χ0) is 13.8. The van der Waals surface area contributed by atoms with E-state index in [1.54, 1.807) is 12.1 Å². The Balaban J connectivity index is 2.15. The number of hydrogen-bond donors (Lipinski definition) is 1. The predicted octanol–water partition coefficient (Wildman–Crippen LogP) is 3.42. The number of carbonyl (C=O) groups excluding carboxylic acids is 1. The molecule has 0 unspecified atom stereocenters. The molecule has 0 fully saturated rings. The molecule has 98 valence electrons. The average molecular weight is 280 g/mol. The van der Waals surface area contributed by atoms with Crippen LogP contribution in [0.5, 0.6) is 0 Å². The van der Waals surface area contributed by atoms with Crippen LogP contribution in [0, 0.1) is 5.82 Å². The summed E-state index contributed by atoms with van der Waals surface area (Å²) in [4.78, 5) is 11.8. The number of hydrogen-bond acceptors (Lipinski definition) is 3. The summed E-state index contributed by atoms with van der Waals surface area (Å²) in [6.07, 6.45) is 0. The lowest BCUT2D eigenvalue weighted by Crippen LogP contribution is -2.09. The summed E-state index contributed by atoms with van der Waals surface area (Å²) in [5.41, 5.74) is 6.13. The van der Waals surface area contributed by atoms with Gasteiger partial charge in [-0.15, -0.1) is 0 Å². The van der Waals surface area contributed by atoms with Crippen LogP contribution in [0.25, 0.3) is 0 Å². The van der Waals surface area contributed by atoms with Crippen molar-refractivity contribution < 1.29 is 13.9 Å². The number of anilines is 1. The van der Waals surface area contributed by atoms with Crippen LogP contribution < -0.4 is 5.73 Å². The SMILES string of the molecule is Nc1ccc(F)c(C(=O)OCc2ccccc2)c1Cl. The fourth-order valence-corrected chi connectivity index (χ4v) is 1.78. The van der Waals surface area contributed by atoms with Gasteiger partial charge in [0.25, 0.3) is 0 Å². The second-order valence-corrected chi connectivity index (χ2v) is 4.27. The van der Waals surface area contributed by atoms with E-state index in [0.717, 1.165) is 11.6 Å². The molecule has 0 saturated carbocycles. The van der Waals surface area contributed by atoms with E-state index in [0.29, 0.717) is 0 Å². The van der Waals surface area contributed by atoms with Crippen molar-refractivity contribution in [3.05, 3.63) is 64.4 Å². The second kappa shape index (κ2) is 5.71. The Labute approximate surface area is 114 Å². The standard InChI is InChI=1S/C14H11ClFNO2/c15-13-11(17)7-6-10(16)12(13)14(18)19-8-9-4-2-1-3-5-9/h1-7H,8,17H2. The van der Waals surface area contributed by atoms with Crippen molar-refractivity contribution in [3.8, 4) is 0 Å². The van der Waals surface area contributed by atoms with Crippen molar-refractivity contribution in [2.24, 2.45) is 0 Å². The van der Waals surface area contributed by atoms with Crippen molar-refractivity contribution in [1.82, 2.24) is 0 Å². The minimum Gasteiger partial charge on any atom is -0.457 e. The molecule has 0 heterocycles. The van der Waals surface area contributed by atoms with Gasteiger partial charge in [-0.3, -0.25) is 0 Å². The minimum atomic E-state index is -0.835. The van der Waals surface area contributed by atoms with Crippen molar-refractivity contribution in [2.45, 2.75) is 6.61 Å². The Bertz CT molecular complexity index is 602. The minimum absolute atomic E-state index is 0.0459. The zero-order valence-electron chi connectivity index (χ0n) is 9.90. The summed E-state index contributed by atoms with van der Waals surface area (Å²) >= 11 is 5.81. The highest BCUT2D eigenvalue weighted by Gasteiger charge is 2.19. The summed E-state index contributed by atoms with van der Waals surface area (Å²) in [5, 5.41) is -0.127. The molecule has 0 amide bonds. The topological polar surface area (TPSA) is 52.3 Å². The molecule has 0 bridgehead atoms. The normalized spacial score (nSPS) is 10.2. The predicted molar refractivity (Wildman–Crippen MR) is 71.4 cm³/mol. The smallest absolute Gasteiger partial charge is 0.343 e. The van der Waals surface area contributed by atoms with Crippen LogP contribution in [0.4, 0.5) is 10.1 Å². The molecule has 19 heavy (non-hydrogen) atoms. The first kappa shape index (κ1) is 13.4. The van der Waals surface area contributed by atoms with E-state index >= 15 is 0 Å². The molecular weight excluding hydrogens is 269 g/mol. The molecule has 2 aromatic rings. The lowest BCUT2D eigenvalue weighted by molar-refractivity contribution is 0.0467. The number of nitrogen functional groups attached to an aromatic ring is 1. The quantitative estimate of drug-likeness (QED) is 0.692. The van der Waals surface area contributed by atoms with Crippen molar-refractivity contribution in [2.75, 3.05) is 5.73 Å². The molecule has 0 radical (unpaired) electrons. The molecule has 0 spiro atoms. The average Bonchev–Trinajstić information content (AvgIpc) is 2.42. The Hall–Kier alpha value is -2.07. The maximum absolute atomic E-state index is 13.6. The number of benzene rings is 2. The van der Waals surface area contributed by atoms with E-state index in [9.17, 15) is 9.18 Å². The van der Waals surface area contributed by atoms with Gasteiger partial charge in [0, 0.05) is 0 Å². The molecule has 2 aromatic carbocycles. The highest BCUT2D eigenvalue weighted by molar-refractivity contribution is 6.36. The summed E-state index contributed by atoms with van der Waals surface area (Å²) in [6.45, 7) is 0.0459. The fraction of sp³-hybridized carbons (Fsp3) is 0.0714. The highest BCUT2D eigenvalue weighted by Crippen LogP contribution is 2.26. The monoisotopic (exact) mass is 279 g/mol.